The first kappa shape index (κ1) is 75.3. The van der Waals surface area contributed by atoms with Gasteiger partial charge in [0.1, 0.15) is 12.2 Å². The molecule has 0 amide bonds. The van der Waals surface area contributed by atoms with Gasteiger partial charge < -0.3 is 10.2 Å². The zero-order valence-electron chi connectivity index (χ0n) is 59.0. The molecule has 7 heterocycles. The highest BCUT2D eigenvalue weighted by Crippen LogP contribution is 2.46. The van der Waals surface area contributed by atoms with Gasteiger partial charge in [-0.1, -0.05) is 160 Å². The van der Waals surface area contributed by atoms with Crippen molar-refractivity contribution >= 4 is 68.0 Å². The second-order valence-electron chi connectivity index (χ2n) is 25.8. The third kappa shape index (κ3) is 19.8. The van der Waals surface area contributed by atoms with Crippen LogP contribution in [0.2, 0.25) is 0 Å². The number of aliphatic hydroxyl groups excluding tert-OH is 2. The van der Waals surface area contributed by atoms with Crippen molar-refractivity contribution in [2.75, 3.05) is 0 Å². The average molecular weight is 1350 g/mol. The van der Waals surface area contributed by atoms with Crippen molar-refractivity contribution in [2.24, 2.45) is 0 Å². The van der Waals surface area contributed by atoms with Crippen molar-refractivity contribution in [1.82, 2.24) is 0 Å². The monoisotopic (exact) mass is 1340 g/mol. The van der Waals surface area contributed by atoms with Gasteiger partial charge in [-0.05, 0) is 280 Å². The van der Waals surface area contributed by atoms with Crippen molar-refractivity contribution in [3.05, 3.63) is 125 Å². The van der Waals surface area contributed by atoms with Gasteiger partial charge >= 0.3 is 0 Å². The number of rotatable bonds is 36. The van der Waals surface area contributed by atoms with Gasteiger partial charge in [-0.15, -0.1) is 68.0 Å². The Morgan fingerprint density at radius 3 is 0.457 bits per heavy atom. The highest BCUT2D eigenvalue weighted by molar-refractivity contribution is 7.15. The first-order valence-corrected chi connectivity index (χ1v) is 41.8. The second-order valence-corrected chi connectivity index (χ2v) is 31.9. The smallest absolute Gasteiger partial charge is 0.119 e. The van der Waals surface area contributed by atoms with Crippen LogP contribution < -0.4 is 0 Å². The van der Waals surface area contributed by atoms with E-state index in [0.717, 1.165) is 260 Å². The fourth-order valence-electron chi connectivity index (χ4n) is 12.8. The third-order valence-electron chi connectivity index (χ3n) is 18.4. The van der Waals surface area contributed by atoms with Gasteiger partial charge in [-0.2, -0.15) is 0 Å². The minimum atomic E-state index is -1.09. The number of hydrogen-bond acceptors (Lipinski definition) is 8. The van der Waals surface area contributed by atoms with Crippen LogP contribution in [0.3, 0.4) is 0 Å². The topological polar surface area (TPSA) is 40.5 Å². The largest absolute Gasteiger partial charge is 0.384 e. The summed E-state index contributed by atoms with van der Waals surface area (Å²) in [5, 5.41) is 26.2. The van der Waals surface area contributed by atoms with Crippen molar-refractivity contribution < 1.29 is 10.2 Å². The number of thiophene rings is 6. The van der Waals surface area contributed by atoms with E-state index in [1.54, 1.807) is 22.7 Å². The lowest BCUT2D eigenvalue weighted by atomic mass is 9.92. The molecule has 2 nitrogen and oxygen atoms in total. The van der Waals surface area contributed by atoms with Gasteiger partial charge in [0.25, 0.3) is 0 Å². The van der Waals surface area contributed by atoms with E-state index in [2.05, 4.69) is 142 Å². The zero-order valence-corrected chi connectivity index (χ0v) is 63.9. The molecule has 7 rings (SSSR count). The average Bonchev–Trinajstić information content (AvgIpc) is 1.91. The van der Waals surface area contributed by atoms with Crippen molar-refractivity contribution in [1.29, 1.82) is 0 Å². The molecule has 0 aromatic carbocycles. The Balaban J connectivity index is 1.61. The predicted molar refractivity (Wildman–Crippen MR) is 409 cm³/mol. The third-order valence-corrected chi connectivity index (χ3v) is 25.4. The van der Waals surface area contributed by atoms with Crippen molar-refractivity contribution in [2.45, 2.75) is 326 Å². The van der Waals surface area contributed by atoms with Gasteiger partial charge in [0.2, 0.25) is 0 Å². The van der Waals surface area contributed by atoms with Crippen LogP contribution >= 0.6 is 68.0 Å². The van der Waals surface area contributed by atoms with E-state index in [-0.39, 0.29) is 0 Å². The number of hydrogen-bond donors (Lipinski definition) is 2. The fourth-order valence-corrected chi connectivity index (χ4v) is 19.8. The van der Waals surface area contributed by atoms with Crippen molar-refractivity contribution in [3.63, 3.8) is 0 Å². The molecule has 12 bridgehead atoms. The van der Waals surface area contributed by atoms with Crippen LogP contribution in [0, 0.1) is 59.2 Å². The Morgan fingerprint density at radius 1 is 0.196 bits per heavy atom. The van der Waals surface area contributed by atoms with Gasteiger partial charge in [0, 0.05) is 9.75 Å². The summed E-state index contributed by atoms with van der Waals surface area (Å²) in [4.78, 5) is 13.3. The molecule has 0 fully saturated rings. The standard InChI is InChI=1S/C84H112O2S6/c1-13-25-37-59-61(39-27-15-3)73-51-53-75-63(41-29-17-5)65(43-31-19-7)77(89-75)55-57-79-67(45-33-21-9)69(47-35-23-11)83(91-79)81(85)82(86)84-70(48-36-24-12)68(46-34-22-10)80(92-84)58-56-78-66(44-32-20-8)64(42-30-18-6)76(90-78)54-52-74-62(40-28-16-4)60(38-26-14-2)72(88-74)50-49-71(59)87-73/h81-82,85-86H,13-48H2,1-12H3/t81-,82+. The van der Waals surface area contributed by atoms with Crippen LogP contribution in [-0.2, 0) is 77.0 Å². The first-order chi connectivity index (χ1) is 45.0. The molecule has 496 valence electrons. The van der Waals surface area contributed by atoms with E-state index in [1.165, 1.54) is 96.0 Å². The summed E-state index contributed by atoms with van der Waals surface area (Å²) in [6.07, 6.45) is 35.7. The van der Waals surface area contributed by atoms with Crippen LogP contribution in [0.1, 0.15) is 375 Å². The molecule has 6 aromatic heterocycles. The zero-order chi connectivity index (χ0) is 65.8. The highest BCUT2D eigenvalue weighted by Gasteiger charge is 2.33. The molecule has 92 heavy (non-hydrogen) atoms. The van der Waals surface area contributed by atoms with Gasteiger partial charge in [-0.25, -0.2) is 0 Å². The Morgan fingerprint density at radius 2 is 0.315 bits per heavy atom. The summed E-state index contributed by atoms with van der Waals surface area (Å²) < 4.78 is 0. The molecule has 2 N–H and O–H groups in total. The van der Waals surface area contributed by atoms with Gasteiger partial charge in [0.05, 0.1) is 48.8 Å². The molecule has 0 aliphatic carbocycles. The van der Waals surface area contributed by atoms with Crippen LogP contribution in [0.5, 0.6) is 0 Å². The maximum atomic E-state index is 13.1. The molecular formula is C84H112O2S6. The molecule has 0 radical (unpaired) electrons. The molecule has 6 aromatic rings. The molecule has 0 unspecified atom stereocenters. The van der Waals surface area contributed by atoms with Crippen LogP contribution in [0.4, 0.5) is 0 Å². The Hall–Kier alpha value is -4.08. The number of unbranched alkanes of at least 4 members (excludes halogenated alkanes) is 12. The summed E-state index contributed by atoms with van der Waals surface area (Å²) in [6, 6.07) is 0. The molecule has 1 aliphatic rings. The Kier molecular flexibility index (Phi) is 33.1. The SMILES string of the molecule is CCCCc1c2sc(c1CCCC)C#Cc1sc(c(CCCC)c1CCCC)C#Cc1sc(c(CCCC)c1CCCC)[C@@H](O)[C@@H](O)c1sc(c(CCCC)c1CCCC)C#Cc1sc(c(CCCC)c1CCCC)C#Cc1sc(c(CCCC)c1CCCC)C#C2. The predicted octanol–water partition coefficient (Wildman–Crippen LogP) is 24.2. The summed E-state index contributed by atoms with van der Waals surface area (Å²) in [5.74, 6) is 39.1. The quantitative estimate of drug-likeness (QED) is 0.0385. The Labute approximate surface area is 584 Å². The summed E-state index contributed by atoms with van der Waals surface area (Å²) >= 11 is 10.6. The van der Waals surface area contributed by atoms with Gasteiger partial charge in [-0.3, -0.25) is 0 Å². The fraction of sp³-hybridized carbons (Fsp3) is 0.595. The lowest BCUT2D eigenvalue weighted by Crippen LogP contribution is -2.12. The van der Waals surface area contributed by atoms with Gasteiger partial charge in [0.15, 0.2) is 0 Å². The van der Waals surface area contributed by atoms with Crippen LogP contribution in [-0.4, -0.2) is 10.2 Å². The highest BCUT2D eigenvalue weighted by atomic mass is 32.1. The van der Waals surface area contributed by atoms with Crippen molar-refractivity contribution in [3.8, 4) is 59.2 Å². The maximum Gasteiger partial charge on any atom is 0.119 e. The summed E-state index contributed by atoms with van der Waals surface area (Å²) in [7, 11) is 0. The first-order valence-electron chi connectivity index (χ1n) is 36.9. The minimum absolute atomic E-state index is 0.860. The molecule has 0 spiro atoms. The molecule has 2 atom stereocenters. The lowest BCUT2D eigenvalue weighted by Gasteiger charge is -2.20. The number of aliphatic hydroxyl groups is 2. The molecule has 0 saturated heterocycles. The van der Waals surface area contributed by atoms with E-state index in [9.17, 15) is 10.2 Å². The number of fused-ring (bicyclic) bond motifs is 12. The normalized spacial score (nSPS) is 13.6. The van der Waals surface area contributed by atoms with Crippen LogP contribution in [0.25, 0.3) is 0 Å². The molecule has 8 heteroatoms. The van der Waals surface area contributed by atoms with E-state index in [4.69, 9.17) is 0 Å². The maximum absolute atomic E-state index is 13.1. The lowest BCUT2D eigenvalue weighted by molar-refractivity contribution is 0.0206. The Bertz CT molecular complexity index is 3390. The van der Waals surface area contributed by atoms with E-state index in [1.807, 2.05) is 45.3 Å². The van der Waals surface area contributed by atoms with Crippen LogP contribution in [0.15, 0.2) is 0 Å². The van der Waals surface area contributed by atoms with E-state index >= 15 is 0 Å². The minimum Gasteiger partial charge on any atom is -0.384 e. The molecule has 0 saturated carbocycles. The van der Waals surface area contributed by atoms with E-state index in [0.29, 0.717) is 0 Å². The summed E-state index contributed by atoms with van der Waals surface area (Å²) in [5.41, 5.74) is 16.3. The second kappa shape index (κ2) is 40.5. The van der Waals surface area contributed by atoms with E-state index < -0.39 is 12.2 Å². The molecule has 1 aliphatic heterocycles. The summed E-state index contributed by atoms with van der Waals surface area (Å²) in [6.45, 7) is 27.6. The molecular weight excluding hydrogens is 1230 g/mol.